The molecule has 0 radical (unpaired) electrons. The van der Waals surface area contributed by atoms with E-state index in [-0.39, 0.29) is 17.7 Å². The fourth-order valence-electron chi connectivity index (χ4n) is 2.77. The van der Waals surface area contributed by atoms with E-state index in [1.54, 1.807) is 11.7 Å². The van der Waals surface area contributed by atoms with Gasteiger partial charge in [-0.2, -0.15) is 5.10 Å². The number of carbonyl (C=O) groups excluding carboxylic acids is 2. The van der Waals surface area contributed by atoms with E-state index in [0.717, 1.165) is 11.1 Å². The first kappa shape index (κ1) is 14.3. The molecule has 6 heteroatoms. The van der Waals surface area contributed by atoms with Gasteiger partial charge < -0.3 is 10.6 Å². The predicted octanol–water partition coefficient (Wildman–Crippen LogP) is 2.05. The zero-order chi connectivity index (χ0) is 15.7. The Morgan fingerprint density at radius 2 is 2.14 bits per heavy atom. The number of amides is 2. The molecular weight excluding hydrogens is 280 g/mol. The normalized spacial score (nSPS) is 16.8. The number of hydrogen-bond acceptors (Lipinski definition) is 3. The zero-order valence-electron chi connectivity index (χ0n) is 12.6. The van der Waals surface area contributed by atoms with Crippen molar-refractivity contribution in [1.29, 1.82) is 0 Å². The molecule has 2 aromatic rings. The van der Waals surface area contributed by atoms with Gasteiger partial charge in [0.05, 0.1) is 6.42 Å². The summed E-state index contributed by atoms with van der Waals surface area (Å²) in [6, 6.07) is 9.55. The lowest BCUT2D eigenvalue weighted by Crippen LogP contribution is -2.23. The molecule has 1 aromatic heterocycles. The highest BCUT2D eigenvalue weighted by Gasteiger charge is 2.29. The van der Waals surface area contributed by atoms with Crippen molar-refractivity contribution in [3.05, 3.63) is 41.5 Å². The molecule has 0 unspecified atom stereocenters. The van der Waals surface area contributed by atoms with Crippen LogP contribution in [0.5, 0.6) is 0 Å². The molecule has 2 heterocycles. The van der Waals surface area contributed by atoms with Crippen LogP contribution >= 0.6 is 0 Å². The van der Waals surface area contributed by atoms with Crippen LogP contribution in [0.1, 0.15) is 30.4 Å². The maximum Gasteiger partial charge on any atom is 0.230 e. The van der Waals surface area contributed by atoms with E-state index in [9.17, 15) is 9.59 Å². The quantitative estimate of drug-likeness (QED) is 0.910. The number of rotatable bonds is 3. The van der Waals surface area contributed by atoms with Crippen molar-refractivity contribution in [2.75, 3.05) is 10.6 Å². The SMILES string of the molecule is C[C@@H]1CC(=O)Nc2c1c(NC(=O)Cc1ccccc1)nn2C. The van der Waals surface area contributed by atoms with E-state index in [2.05, 4.69) is 15.7 Å². The topological polar surface area (TPSA) is 76.0 Å². The van der Waals surface area contributed by atoms with Crippen molar-refractivity contribution in [3.63, 3.8) is 0 Å². The van der Waals surface area contributed by atoms with Crippen molar-refractivity contribution in [1.82, 2.24) is 9.78 Å². The second-order valence-corrected chi connectivity index (χ2v) is 5.60. The van der Waals surface area contributed by atoms with E-state index in [4.69, 9.17) is 0 Å². The molecule has 0 saturated heterocycles. The van der Waals surface area contributed by atoms with Crippen LogP contribution in [0.4, 0.5) is 11.6 Å². The molecule has 0 fully saturated rings. The average Bonchev–Trinajstić information content (AvgIpc) is 2.76. The third-order valence-corrected chi connectivity index (χ3v) is 3.79. The van der Waals surface area contributed by atoms with E-state index >= 15 is 0 Å². The smallest absolute Gasteiger partial charge is 0.230 e. The summed E-state index contributed by atoms with van der Waals surface area (Å²) in [6.07, 6.45) is 0.702. The van der Waals surface area contributed by atoms with Crippen LogP contribution in [0, 0.1) is 0 Å². The summed E-state index contributed by atoms with van der Waals surface area (Å²) in [5.74, 6) is 1.09. The van der Waals surface area contributed by atoms with Gasteiger partial charge >= 0.3 is 0 Å². The van der Waals surface area contributed by atoms with E-state index in [0.29, 0.717) is 24.5 Å². The van der Waals surface area contributed by atoms with Gasteiger partial charge in [0.1, 0.15) is 5.82 Å². The first-order chi connectivity index (χ1) is 10.5. The van der Waals surface area contributed by atoms with Gasteiger partial charge in [0.25, 0.3) is 0 Å². The molecule has 1 aromatic carbocycles. The van der Waals surface area contributed by atoms with Crippen LogP contribution < -0.4 is 10.6 Å². The van der Waals surface area contributed by atoms with Crippen molar-refractivity contribution >= 4 is 23.5 Å². The minimum absolute atomic E-state index is 0.0230. The molecule has 2 amide bonds. The first-order valence-electron chi connectivity index (χ1n) is 7.25. The van der Waals surface area contributed by atoms with Gasteiger partial charge in [-0.15, -0.1) is 0 Å². The molecule has 1 aliphatic heterocycles. The van der Waals surface area contributed by atoms with Crippen molar-refractivity contribution < 1.29 is 9.59 Å². The second-order valence-electron chi connectivity index (χ2n) is 5.60. The summed E-state index contributed by atoms with van der Waals surface area (Å²) in [5.41, 5.74) is 1.84. The van der Waals surface area contributed by atoms with Gasteiger partial charge in [-0.3, -0.25) is 14.3 Å². The van der Waals surface area contributed by atoms with Crippen molar-refractivity contribution in [3.8, 4) is 0 Å². The number of fused-ring (bicyclic) bond motifs is 1. The third kappa shape index (κ3) is 2.72. The number of nitrogens with one attached hydrogen (secondary N) is 2. The van der Waals surface area contributed by atoms with E-state index in [1.165, 1.54) is 0 Å². The lowest BCUT2D eigenvalue weighted by Gasteiger charge is -2.20. The maximum atomic E-state index is 12.2. The van der Waals surface area contributed by atoms with Crippen LogP contribution in [0.2, 0.25) is 0 Å². The van der Waals surface area contributed by atoms with Crippen LogP contribution in [-0.2, 0) is 23.1 Å². The molecule has 0 saturated carbocycles. The van der Waals surface area contributed by atoms with Crippen LogP contribution in [0.25, 0.3) is 0 Å². The van der Waals surface area contributed by atoms with Gasteiger partial charge in [-0.05, 0) is 11.5 Å². The van der Waals surface area contributed by atoms with Crippen molar-refractivity contribution in [2.24, 2.45) is 7.05 Å². The summed E-state index contributed by atoms with van der Waals surface area (Å²) >= 11 is 0. The van der Waals surface area contributed by atoms with E-state index < -0.39 is 0 Å². The van der Waals surface area contributed by atoms with E-state index in [1.807, 2.05) is 37.3 Å². The lowest BCUT2D eigenvalue weighted by atomic mass is 9.95. The number of aromatic nitrogens is 2. The standard InChI is InChI=1S/C16H18N4O2/c1-10-8-12(21)18-16-14(10)15(19-20(16)2)17-13(22)9-11-6-4-3-5-7-11/h3-7,10H,8-9H2,1-2H3,(H,18,21)(H,17,19,22)/t10-/m1/s1. The monoisotopic (exact) mass is 298 g/mol. The minimum Gasteiger partial charge on any atom is -0.311 e. The Morgan fingerprint density at radius 1 is 1.41 bits per heavy atom. The highest BCUT2D eigenvalue weighted by Crippen LogP contribution is 2.36. The number of benzene rings is 1. The summed E-state index contributed by atoms with van der Waals surface area (Å²) in [6.45, 7) is 1.96. The number of carbonyl (C=O) groups is 2. The molecule has 0 spiro atoms. The molecule has 1 atom stereocenters. The Morgan fingerprint density at radius 3 is 2.86 bits per heavy atom. The molecule has 22 heavy (non-hydrogen) atoms. The summed E-state index contributed by atoms with van der Waals surface area (Å²) in [5, 5.41) is 10.0. The number of nitrogens with zero attached hydrogens (tertiary/aromatic N) is 2. The molecular formula is C16H18N4O2. The van der Waals surface area contributed by atoms with Gasteiger partial charge in [0, 0.05) is 19.0 Å². The summed E-state index contributed by atoms with van der Waals surface area (Å²) < 4.78 is 1.60. The summed E-state index contributed by atoms with van der Waals surface area (Å²) in [4.78, 5) is 23.8. The fraction of sp³-hybridized carbons (Fsp3) is 0.312. The second kappa shape index (κ2) is 5.63. The maximum absolute atomic E-state index is 12.2. The molecule has 2 N–H and O–H groups in total. The highest BCUT2D eigenvalue weighted by atomic mass is 16.2. The molecule has 6 nitrogen and oxygen atoms in total. The third-order valence-electron chi connectivity index (χ3n) is 3.79. The van der Waals surface area contributed by atoms with Crippen LogP contribution in [0.3, 0.4) is 0 Å². The first-order valence-corrected chi connectivity index (χ1v) is 7.25. The fourth-order valence-corrected chi connectivity index (χ4v) is 2.77. The van der Waals surface area contributed by atoms with Crippen LogP contribution in [-0.4, -0.2) is 21.6 Å². The van der Waals surface area contributed by atoms with Gasteiger partial charge in [0.2, 0.25) is 11.8 Å². The zero-order valence-corrected chi connectivity index (χ0v) is 12.6. The average molecular weight is 298 g/mol. The molecule has 3 rings (SSSR count). The Hall–Kier alpha value is -2.63. The Kier molecular flexibility index (Phi) is 3.66. The van der Waals surface area contributed by atoms with Gasteiger partial charge in [-0.25, -0.2) is 0 Å². The Balaban J connectivity index is 1.80. The van der Waals surface area contributed by atoms with Crippen LogP contribution in [0.15, 0.2) is 30.3 Å². The van der Waals surface area contributed by atoms with Crippen molar-refractivity contribution in [2.45, 2.75) is 25.7 Å². The number of anilines is 2. The molecule has 114 valence electrons. The minimum atomic E-state index is -0.115. The Labute approximate surface area is 128 Å². The molecule has 0 bridgehead atoms. The Bertz CT molecular complexity index is 721. The number of aryl methyl sites for hydroxylation is 1. The lowest BCUT2D eigenvalue weighted by molar-refractivity contribution is -0.117. The largest absolute Gasteiger partial charge is 0.311 e. The van der Waals surface area contributed by atoms with Gasteiger partial charge in [0.15, 0.2) is 5.82 Å². The summed E-state index contributed by atoms with van der Waals surface area (Å²) in [7, 11) is 1.75. The highest BCUT2D eigenvalue weighted by molar-refractivity contribution is 5.98. The molecule has 1 aliphatic rings. The molecule has 0 aliphatic carbocycles. The predicted molar refractivity (Wildman–Crippen MR) is 83.6 cm³/mol. The van der Waals surface area contributed by atoms with Gasteiger partial charge in [-0.1, -0.05) is 37.3 Å². The number of hydrogen-bond donors (Lipinski definition) is 2.